The number of carbonyl (C=O) groups excluding carboxylic acids is 2. The molecule has 2 aliphatic rings. The van der Waals surface area contributed by atoms with Crippen molar-refractivity contribution in [1.82, 2.24) is 0 Å². The first kappa shape index (κ1) is 19.6. The third-order valence-electron chi connectivity index (χ3n) is 5.15. The number of hydrogen-bond acceptors (Lipinski definition) is 4. The number of halogens is 2. The molecule has 0 N–H and O–H groups in total. The Labute approximate surface area is 162 Å². The quantitative estimate of drug-likeness (QED) is 0.521. The topological polar surface area (TPSA) is 52.6 Å². The van der Waals surface area contributed by atoms with Crippen LogP contribution in [0.1, 0.15) is 64.2 Å². The van der Waals surface area contributed by atoms with Gasteiger partial charge in [0.15, 0.2) is 0 Å². The van der Waals surface area contributed by atoms with Gasteiger partial charge in [-0.15, -0.1) is 0 Å². The van der Waals surface area contributed by atoms with Crippen LogP contribution >= 0.6 is 20.6 Å². The van der Waals surface area contributed by atoms with Crippen LogP contribution in [0.5, 0.6) is 0 Å². The molecule has 2 aliphatic carbocycles. The summed E-state index contributed by atoms with van der Waals surface area (Å²) in [6, 6.07) is 5.79. The summed E-state index contributed by atoms with van der Waals surface area (Å²) in [6.45, 7) is 0. The summed E-state index contributed by atoms with van der Waals surface area (Å²) in [5, 5.41) is 0. The fourth-order valence-corrected chi connectivity index (χ4v) is 6.63. The molecular formula is C20H26FIO4. The minimum absolute atomic E-state index is 0.0996. The maximum absolute atomic E-state index is 13.3. The van der Waals surface area contributed by atoms with Gasteiger partial charge in [-0.3, -0.25) is 0 Å². The van der Waals surface area contributed by atoms with Gasteiger partial charge in [-0.25, -0.2) is 0 Å². The van der Waals surface area contributed by atoms with E-state index < -0.39 is 20.6 Å². The maximum atomic E-state index is 13.3. The SMILES string of the molecule is O=C(OI(OC(=O)C1CCCCC1)c1ccc(F)cc1)C1CCCCC1. The van der Waals surface area contributed by atoms with Gasteiger partial charge in [0.25, 0.3) is 0 Å². The summed E-state index contributed by atoms with van der Waals surface area (Å²) < 4.78 is 25.4. The van der Waals surface area contributed by atoms with Crippen LogP contribution in [0, 0.1) is 21.2 Å². The van der Waals surface area contributed by atoms with E-state index >= 15 is 0 Å². The Kier molecular flexibility index (Phi) is 7.28. The van der Waals surface area contributed by atoms with E-state index in [1.807, 2.05) is 0 Å². The molecule has 0 spiro atoms. The molecule has 0 unspecified atom stereocenters. The zero-order valence-corrected chi connectivity index (χ0v) is 17.1. The Balaban J connectivity index is 1.69. The van der Waals surface area contributed by atoms with Crippen LogP contribution < -0.4 is 0 Å². The Morgan fingerprint density at radius 1 is 0.769 bits per heavy atom. The van der Waals surface area contributed by atoms with E-state index in [2.05, 4.69) is 0 Å². The van der Waals surface area contributed by atoms with E-state index in [4.69, 9.17) is 6.13 Å². The molecule has 0 atom stereocenters. The van der Waals surface area contributed by atoms with Gasteiger partial charge in [0.2, 0.25) is 0 Å². The van der Waals surface area contributed by atoms with Gasteiger partial charge in [0, 0.05) is 0 Å². The molecule has 26 heavy (non-hydrogen) atoms. The summed E-state index contributed by atoms with van der Waals surface area (Å²) in [6.07, 6.45) is 9.79. The van der Waals surface area contributed by atoms with Gasteiger partial charge < -0.3 is 0 Å². The van der Waals surface area contributed by atoms with Gasteiger partial charge in [0.05, 0.1) is 0 Å². The van der Waals surface area contributed by atoms with Crippen molar-refractivity contribution in [2.24, 2.45) is 11.8 Å². The number of benzene rings is 1. The first-order chi connectivity index (χ1) is 12.6. The van der Waals surface area contributed by atoms with Crippen molar-refractivity contribution in [2.75, 3.05) is 0 Å². The molecule has 1 aromatic rings. The molecule has 2 fully saturated rings. The molecule has 0 heterocycles. The Morgan fingerprint density at radius 2 is 1.19 bits per heavy atom. The third kappa shape index (κ3) is 5.41. The minimum atomic E-state index is -2.95. The molecule has 0 radical (unpaired) electrons. The number of rotatable bonds is 5. The van der Waals surface area contributed by atoms with Crippen LogP contribution in [0.2, 0.25) is 0 Å². The molecular weight excluding hydrogens is 450 g/mol. The zero-order valence-electron chi connectivity index (χ0n) is 14.9. The molecule has 6 heteroatoms. The fraction of sp³-hybridized carbons (Fsp3) is 0.600. The van der Waals surface area contributed by atoms with Gasteiger partial charge >= 0.3 is 162 Å². The second-order valence-corrected chi connectivity index (χ2v) is 10.5. The second-order valence-electron chi connectivity index (χ2n) is 7.12. The van der Waals surface area contributed by atoms with E-state index in [0.29, 0.717) is 3.57 Å². The first-order valence-electron chi connectivity index (χ1n) is 9.53. The Hall–Kier alpha value is -1.18. The average Bonchev–Trinajstić information content (AvgIpc) is 2.69. The van der Waals surface area contributed by atoms with Crippen molar-refractivity contribution in [2.45, 2.75) is 64.2 Å². The van der Waals surface area contributed by atoms with Gasteiger partial charge in [-0.1, -0.05) is 0 Å². The van der Waals surface area contributed by atoms with Crippen LogP contribution in [-0.4, -0.2) is 11.9 Å². The molecule has 0 aliphatic heterocycles. The normalized spacial score (nSPS) is 19.7. The van der Waals surface area contributed by atoms with Crippen LogP contribution in [-0.2, 0) is 15.7 Å². The van der Waals surface area contributed by atoms with Crippen molar-refractivity contribution in [1.29, 1.82) is 0 Å². The summed E-state index contributed by atoms with van der Waals surface area (Å²) >= 11 is -2.95. The number of carbonyl (C=O) groups is 2. The molecule has 0 bridgehead atoms. The van der Waals surface area contributed by atoms with Crippen LogP contribution in [0.15, 0.2) is 24.3 Å². The predicted molar refractivity (Wildman–Crippen MR) is 104 cm³/mol. The molecule has 1 aromatic carbocycles. The van der Waals surface area contributed by atoms with E-state index in [1.165, 1.54) is 12.1 Å². The Bertz CT molecular complexity index is 575. The molecule has 0 aromatic heterocycles. The molecule has 3 rings (SSSR count). The summed E-state index contributed by atoms with van der Waals surface area (Å²) in [5.74, 6) is -1.07. The Morgan fingerprint density at radius 3 is 1.62 bits per heavy atom. The summed E-state index contributed by atoms with van der Waals surface area (Å²) in [5.41, 5.74) is 0. The van der Waals surface area contributed by atoms with E-state index in [-0.39, 0.29) is 29.6 Å². The summed E-state index contributed by atoms with van der Waals surface area (Å²) in [4.78, 5) is 25.1. The van der Waals surface area contributed by atoms with Crippen molar-refractivity contribution in [3.63, 3.8) is 0 Å². The van der Waals surface area contributed by atoms with Gasteiger partial charge in [-0.05, 0) is 0 Å². The van der Waals surface area contributed by atoms with Crippen LogP contribution in [0.3, 0.4) is 0 Å². The van der Waals surface area contributed by atoms with E-state index in [9.17, 15) is 14.0 Å². The van der Waals surface area contributed by atoms with E-state index in [1.54, 1.807) is 12.1 Å². The summed E-state index contributed by atoms with van der Waals surface area (Å²) in [7, 11) is 0. The van der Waals surface area contributed by atoms with Crippen LogP contribution in [0.4, 0.5) is 4.39 Å². The molecule has 4 nitrogen and oxygen atoms in total. The monoisotopic (exact) mass is 476 g/mol. The van der Waals surface area contributed by atoms with E-state index in [0.717, 1.165) is 64.2 Å². The zero-order chi connectivity index (χ0) is 18.4. The van der Waals surface area contributed by atoms with Crippen molar-refractivity contribution >= 4 is 32.6 Å². The van der Waals surface area contributed by atoms with Crippen molar-refractivity contribution < 1.29 is 20.1 Å². The first-order valence-corrected chi connectivity index (χ1v) is 12.4. The molecule has 0 amide bonds. The fourth-order valence-electron chi connectivity index (χ4n) is 3.58. The van der Waals surface area contributed by atoms with Crippen molar-refractivity contribution in [3.05, 3.63) is 33.7 Å². The third-order valence-corrected chi connectivity index (χ3v) is 8.56. The van der Waals surface area contributed by atoms with Crippen LogP contribution in [0.25, 0.3) is 0 Å². The van der Waals surface area contributed by atoms with Crippen molar-refractivity contribution in [3.8, 4) is 0 Å². The molecule has 144 valence electrons. The molecule has 0 saturated heterocycles. The second kappa shape index (κ2) is 9.67. The number of hydrogen-bond donors (Lipinski definition) is 0. The van der Waals surface area contributed by atoms with Gasteiger partial charge in [-0.2, -0.15) is 0 Å². The van der Waals surface area contributed by atoms with Gasteiger partial charge in [0.1, 0.15) is 0 Å². The predicted octanol–water partition coefficient (Wildman–Crippen LogP) is 5.58. The average molecular weight is 476 g/mol. The standard InChI is InChI=1S/C20H26FIO4/c21-17-11-13-18(14-12-17)22(25-19(23)15-7-3-1-4-8-15)26-20(24)16-9-5-2-6-10-16/h11-16H,1-10H2. The molecule has 2 saturated carbocycles.